The Bertz CT molecular complexity index is 220. The number of hydrogen-bond donors (Lipinski definition) is 0. The molecule has 0 aromatic heterocycles. The second-order valence-corrected chi connectivity index (χ2v) is 8.32. The van der Waals surface area contributed by atoms with Crippen molar-refractivity contribution in [1.82, 2.24) is 0 Å². The van der Waals surface area contributed by atoms with E-state index in [4.69, 9.17) is 0 Å². The van der Waals surface area contributed by atoms with E-state index >= 15 is 0 Å². The van der Waals surface area contributed by atoms with Crippen molar-refractivity contribution >= 4 is 0 Å². The van der Waals surface area contributed by atoms with Crippen molar-refractivity contribution in [3.63, 3.8) is 0 Å². The first-order valence-corrected chi connectivity index (χ1v) is 11.8. The molecule has 0 aliphatic carbocycles. The lowest BCUT2D eigenvalue weighted by molar-refractivity contribution is 0.291. The topological polar surface area (TPSA) is 0 Å². The first kappa shape index (κ1) is 24.0. The Morgan fingerprint density at radius 3 is 1.25 bits per heavy atom. The second-order valence-electron chi connectivity index (χ2n) is 8.32. The van der Waals surface area contributed by atoms with Gasteiger partial charge in [0.15, 0.2) is 0 Å². The molecule has 0 saturated carbocycles. The Labute approximate surface area is 155 Å². The molecule has 24 heavy (non-hydrogen) atoms. The van der Waals surface area contributed by atoms with Gasteiger partial charge in [-0.25, -0.2) is 0 Å². The minimum absolute atomic E-state index is 0.954. The third kappa shape index (κ3) is 15.5. The fraction of sp³-hybridized carbons (Fsp3) is 1.00. The highest BCUT2D eigenvalue weighted by molar-refractivity contribution is 4.66. The first-order valence-electron chi connectivity index (χ1n) is 11.8. The Morgan fingerprint density at radius 2 is 0.833 bits per heavy atom. The van der Waals surface area contributed by atoms with Crippen molar-refractivity contribution in [3.8, 4) is 0 Å². The molecule has 2 unspecified atom stereocenters. The van der Waals surface area contributed by atoms with E-state index < -0.39 is 0 Å². The van der Waals surface area contributed by atoms with Crippen LogP contribution in [0.5, 0.6) is 0 Å². The van der Waals surface area contributed by atoms with Gasteiger partial charge in [-0.3, -0.25) is 0 Å². The predicted octanol–water partition coefficient (Wildman–Crippen LogP) is 9.32. The lowest BCUT2D eigenvalue weighted by Gasteiger charge is -2.22. The van der Waals surface area contributed by atoms with E-state index in [1.165, 1.54) is 116 Å². The number of unbranched alkanes of at least 4 members (excludes halogenated alkanes) is 13. The van der Waals surface area contributed by atoms with Gasteiger partial charge >= 0.3 is 0 Å². The molecule has 146 valence electrons. The summed E-state index contributed by atoms with van der Waals surface area (Å²) in [4.78, 5) is 0. The van der Waals surface area contributed by atoms with E-state index in [0.717, 1.165) is 11.8 Å². The molecule has 0 saturated heterocycles. The molecule has 0 nitrogen and oxygen atoms in total. The minimum Gasteiger partial charge on any atom is -0.0654 e. The summed E-state index contributed by atoms with van der Waals surface area (Å²) in [7, 11) is 0. The highest BCUT2D eigenvalue weighted by Crippen LogP contribution is 2.27. The molecular formula is C24H50. The molecule has 0 heterocycles. The number of rotatable bonds is 19. The summed E-state index contributed by atoms with van der Waals surface area (Å²) in [5.74, 6) is 1.94. The maximum atomic E-state index is 2.52. The zero-order valence-corrected chi connectivity index (χ0v) is 17.9. The highest BCUT2D eigenvalue weighted by atomic mass is 14.2. The normalized spacial score (nSPS) is 14.0. The molecule has 0 radical (unpaired) electrons. The fourth-order valence-electron chi connectivity index (χ4n) is 4.09. The van der Waals surface area contributed by atoms with Crippen LogP contribution in [0.3, 0.4) is 0 Å². The summed E-state index contributed by atoms with van der Waals surface area (Å²) in [5, 5.41) is 0. The van der Waals surface area contributed by atoms with Crippen LogP contribution in [-0.2, 0) is 0 Å². The Kier molecular flexibility index (Phi) is 19.3. The molecule has 0 aliphatic heterocycles. The summed E-state index contributed by atoms with van der Waals surface area (Å²) >= 11 is 0. The van der Waals surface area contributed by atoms with Crippen LogP contribution in [0.15, 0.2) is 0 Å². The van der Waals surface area contributed by atoms with E-state index in [1.807, 2.05) is 0 Å². The molecule has 0 aromatic carbocycles. The van der Waals surface area contributed by atoms with Crippen LogP contribution in [-0.4, -0.2) is 0 Å². The highest BCUT2D eigenvalue weighted by Gasteiger charge is 2.14. The van der Waals surface area contributed by atoms with Gasteiger partial charge in [0.25, 0.3) is 0 Å². The molecule has 0 aromatic rings. The lowest BCUT2D eigenvalue weighted by Crippen LogP contribution is -2.11. The molecule has 2 atom stereocenters. The van der Waals surface area contributed by atoms with E-state index in [0.29, 0.717) is 0 Å². The average Bonchev–Trinajstić information content (AvgIpc) is 2.59. The van der Waals surface area contributed by atoms with Gasteiger partial charge in [0.1, 0.15) is 0 Å². The Balaban J connectivity index is 3.50. The molecule has 0 fully saturated rings. The molecule has 0 amide bonds. The summed E-state index contributed by atoms with van der Waals surface area (Å²) in [5.41, 5.74) is 0. The van der Waals surface area contributed by atoms with Crippen LogP contribution in [0, 0.1) is 11.8 Å². The largest absolute Gasteiger partial charge is 0.0654 e. The fourth-order valence-corrected chi connectivity index (χ4v) is 4.09. The summed E-state index contributed by atoms with van der Waals surface area (Å²) in [6.45, 7) is 9.55. The van der Waals surface area contributed by atoms with Crippen molar-refractivity contribution < 1.29 is 0 Å². The van der Waals surface area contributed by atoms with Gasteiger partial charge in [0.2, 0.25) is 0 Å². The summed E-state index contributed by atoms with van der Waals surface area (Å²) in [6.07, 6.45) is 26.2. The summed E-state index contributed by atoms with van der Waals surface area (Å²) in [6, 6.07) is 0. The predicted molar refractivity (Wildman–Crippen MR) is 113 cm³/mol. The van der Waals surface area contributed by atoms with Crippen LogP contribution in [0.1, 0.15) is 143 Å². The van der Waals surface area contributed by atoms with Crippen LogP contribution >= 0.6 is 0 Å². The molecule has 0 spiro atoms. The van der Waals surface area contributed by atoms with Crippen LogP contribution in [0.4, 0.5) is 0 Å². The van der Waals surface area contributed by atoms with Crippen LogP contribution in [0.25, 0.3) is 0 Å². The third-order valence-corrected chi connectivity index (χ3v) is 6.02. The molecule has 0 aliphatic rings. The van der Waals surface area contributed by atoms with Crippen LogP contribution in [0.2, 0.25) is 0 Å². The first-order chi connectivity index (χ1) is 11.8. The van der Waals surface area contributed by atoms with Crippen molar-refractivity contribution in [2.24, 2.45) is 11.8 Å². The Morgan fingerprint density at radius 1 is 0.458 bits per heavy atom. The van der Waals surface area contributed by atoms with Gasteiger partial charge in [-0.2, -0.15) is 0 Å². The Hall–Kier alpha value is 0. The van der Waals surface area contributed by atoms with E-state index in [-0.39, 0.29) is 0 Å². The van der Waals surface area contributed by atoms with Gasteiger partial charge in [-0.05, 0) is 11.8 Å². The standard InChI is InChI=1S/C24H50/c1-5-8-10-12-14-16-17-19-21-23(4)24(7-3)22-20-18-15-13-11-9-6-2/h23-24H,5-22H2,1-4H3. The van der Waals surface area contributed by atoms with E-state index in [1.54, 1.807) is 0 Å². The average molecular weight is 339 g/mol. The van der Waals surface area contributed by atoms with Crippen molar-refractivity contribution in [1.29, 1.82) is 0 Å². The van der Waals surface area contributed by atoms with Crippen molar-refractivity contribution in [3.05, 3.63) is 0 Å². The summed E-state index contributed by atoms with van der Waals surface area (Å²) < 4.78 is 0. The lowest BCUT2D eigenvalue weighted by atomic mass is 9.83. The maximum Gasteiger partial charge on any atom is -0.0391 e. The van der Waals surface area contributed by atoms with Gasteiger partial charge < -0.3 is 0 Å². The van der Waals surface area contributed by atoms with Crippen LogP contribution < -0.4 is 0 Å². The van der Waals surface area contributed by atoms with Gasteiger partial charge in [-0.1, -0.05) is 143 Å². The second kappa shape index (κ2) is 19.3. The number of hydrogen-bond acceptors (Lipinski definition) is 0. The molecule has 0 rings (SSSR count). The van der Waals surface area contributed by atoms with Gasteiger partial charge in [0, 0.05) is 0 Å². The molecule has 0 N–H and O–H groups in total. The third-order valence-electron chi connectivity index (χ3n) is 6.02. The molecule has 0 bridgehead atoms. The zero-order valence-electron chi connectivity index (χ0n) is 17.9. The smallest absolute Gasteiger partial charge is 0.0391 e. The minimum atomic E-state index is 0.954. The quantitative estimate of drug-likeness (QED) is 0.206. The van der Waals surface area contributed by atoms with E-state index in [2.05, 4.69) is 27.7 Å². The SMILES string of the molecule is CCCCCCCCCCC(C)C(CC)CCCCCCCCC. The van der Waals surface area contributed by atoms with E-state index in [9.17, 15) is 0 Å². The van der Waals surface area contributed by atoms with Gasteiger partial charge in [0.05, 0.1) is 0 Å². The van der Waals surface area contributed by atoms with Gasteiger partial charge in [-0.15, -0.1) is 0 Å². The zero-order chi connectivity index (χ0) is 17.9. The van der Waals surface area contributed by atoms with Crippen molar-refractivity contribution in [2.75, 3.05) is 0 Å². The maximum absolute atomic E-state index is 2.52. The monoisotopic (exact) mass is 338 g/mol. The van der Waals surface area contributed by atoms with Crippen molar-refractivity contribution in [2.45, 2.75) is 143 Å². The molecular weight excluding hydrogens is 288 g/mol. The molecule has 0 heteroatoms.